The predicted molar refractivity (Wildman–Crippen MR) is 124 cm³/mol. The molecule has 3 amide bonds. The van der Waals surface area contributed by atoms with E-state index in [0.717, 1.165) is 5.69 Å². The third-order valence-corrected chi connectivity index (χ3v) is 9.23. The summed E-state index contributed by atoms with van der Waals surface area (Å²) in [5.41, 5.74) is 0.733. The number of carbonyl (C=O) groups is 2. The van der Waals surface area contributed by atoms with Crippen LogP contribution in [0.25, 0.3) is 0 Å². The number of carbonyl (C=O) groups excluding carboxylic acids is 2. The normalized spacial score (nSPS) is 20.6. The maximum atomic E-state index is 13.1. The fraction of sp³-hybridized carbons (Fsp3) is 0.455. The first-order valence-corrected chi connectivity index (χ1v) is 13.2. The third kappa shape index (κ3) is 5.31. The van der Waals surface area contributed by atoms with E-state index >= 15 is 0 Å². The lowest BCUT2D eigenvalue weighted by atomic mass is 9.96. The van der Waals surface area contributed by atoms with Crippen LogP contribution in [0.2, 0.25) is 0 Å². The van der Waals surface area contributed by atoms with E-state index in [1.54, 1.807) is 17.5 Å². The molecule has 0 bridgehead atoms. The lowest BCUT2D eigenvalue weighted by Crippen LogP contribution is -2.51. The molecule has 32 heavy (non-hydrogen) atoms. The summed E-state index contributed by atoms with van der Waals surface area (Å²) < 4.78 is 27.4. The van der Waals surface area contributed by atoms with Crippen molar-refractivity contribution in [2.45, 2.75) is 35.9 Å². The van der Waals surface area contributed by atoms with Crippen molar-refractivity contribution in [3.63, 3.8) is 0 Å². The van der Waals surface area contributed by atoms with Crippen LogP contribution in [0.1, 0.15) is 25.7 Å². The second kappa shape index (κ2) is 10.0. The summed E-state index contributed by atoms with van der Waals surface area (Å²) in [4.78, 5) is 27.1. The average molecular weight is 477 g/mol. The second-order valence-corrected chi connectivity index (χ2v) is 11.3. The first-order chi connectivity index (χ1) is 15.4. The van der Waals surface area contributed by atoms with Crippen molar-refractivity contribution in [3.05, 3.63) is 47.8 Å². The molecule has 0 spiro atoms. The van der Waals surface area contributed by atoms with Crippen molar-refractivity contribution >= 4 is 39.0 Å². The first-order valence-electron chi connectivity index (χ1n) is 10.9. The molecular formula is C22H28N4O4S2. The van der Waals surface area contributed by atoms with E-state index in [4.69, 9.17) is 0 Å². The molecule has 2 aromatic rings. The van der Waals surface area contributed by atoms with Gasteiger partial charge < -0.3 is 15.5 Å². The summed E-state index contributed by atoms with van der Waals surface area (Å²) in [6.45, 7) is 1.80. The smallest absolute Gasteiger partial charge is 0.319 e. The number of nitrogens with zero attached hydrogens (tertiary/aromatic N) is 2. The molecule has 2 aliphatic heterocycles. The van der Waals surface area contributed by atoms with Gasteiger partial charge in [0, 0.05) is 37.9 Å². The molecule has 1 atom stereocenters. The number of piperidine rings is 2. The maximum Gasteiger partial charge on any atom is 0.319 e. The van der Waals surface area contributed by atoms with Crippen LogP contribution in [0.3, 0.4) is 0 Å². The first kappa shape index (κ1) is 22.8. The molecule has 2 fully saturated rings. The summed E-state index contributed by atoms with van der Waals surface area (Å²) in [5.74, 6) is -0.298. The van der Waals surface area contributed by atoms with E-state index in [1.807, 2.05) is 35.2 Å². The summed E-state index contributed by atoms with van der Waals surface area (Å²) in [6, 6.07) is 12.3. The number of hydrogen-bond donors (Lipinski definition) is 2. The highest BCUT2D eigenvalue weighted by molar-refractivity contribution is 7.91. The molecule has 1 aromatic carbocycles. The Kier molecular flexibility index (Phi) is 7.12. The Morgan fingerprint density at radius 1 is 0.969 bits per heavy atom. The quantitative estimate of drug-likeness (QED) is 0.693. The minimum Gasteiger partial charge on any atom is -0.342 e. The SMILES string of the molecule is O=C(Nc1ccccc1)NC1CCN(C(=O)C2CCCN(S(=O)(=O)c3cccs3)C2)CC1. The Labute approximate surface area is 192 Å². The Morgan fingerprint density at radius 3 is 2.41 bits per heavy atom. The fourth-order valence-corrected chi connectivity index (χ4v) is 6.94. The zero-order chi connectivity index (χ0) is 22.6. The molecule has 2 aliphatic rings. The van der Waals surface area contributed by atoms with Crippen molar-refractivity contribution < 1.29 is 18.0 Å². The van der Waals surface area contributed by atoms with Gasteiger partial charge in [0.25, 0.3) is 10.0 Å². The number of benzene rings is 1. The number of nitrogens with one attached hydrogen (secondary N) is 2. The summed E-state index contributed by atoms with van der Waals surface area (Å²) in [6.07, 6.45) is 2.74. The molecule has 172 valence electrons. The van der Waals surface area contributed by atoms with E-state index in [9.17, 15) is 18.0 Å². The van der Waals surface area contributed by atoms with Gasteiger partial charge in [0.1, 0.15) is 4.21 Å². The van der Waals surface area contributed by atoms with Crippen molar-refractivity contribution in [2.75, 3.05) is 31.5 Å². The topological polar surface area (TPSA) is 98.8 Å². The minimum atomic E-state index is -3.54. The Morgan fingerprint density at radius 2 is 1.72 bits per heavy atom. The van der Waals surface area contributed by atoms with Gasteiger partial charge in [0.05, 0.1) is 5.92 Å². The van der Waals surface area contributed by atoms with Crippen LogP contribution in [0.15, 0.2) is 52.1 Å². The van der Waals surface area contributed by atoms with Crippen LogP contribution in [-0.4, -0.2) is 61.8 Å². The standard InChI is InChI=1S/C22H28N4O4S2/c27-21(17-6-4-12-26(16-17)32(29,30)20-9-5-15-31-20)25-13-10-19(11-14-25)24-22(28)23-18-7-2-1-3-8-18/h1-3,5,7-9,15,17,19H,4,6,10-14,16H2,(H2,23,24,28). The minimum absolute atomic E-state index is 0.00447. The van der Waals surface area contributed by atoms with Gasteiger partial charge in [-0.25, -0.2) is 13.2 Å². The summed E-state index contributed by atoms with van der Waals surface area (Å²) in [5, 5.41) is 7.54. The van der Waals surface area contributed by atoms with Gasteiger partial charge in [-0.15, -0.1) is 11.3 Å². The predicted octanol–water partition coefficient (Wildman–Crippen LogP) is 2.96. The van der Waals surface area contributed by atoms with Crippen LogP contribution in [0, 0.1) is 5.92 Å². The number of para-hydroxylation sites is 1. The van der Waals surface area contributed by atoms with Gasteiger partial charge in [-0.05, 0) is 49.3 Å². The van der Waals surface area contributed by atoms with Crippen LogP contribution in [0.4, 0.5) is 10.5 Å². The molecule has 0 radical (unpaired) electrons. The number of hydrogen-bond acceptors (Lipinski definition) is 5. The van der Waals surface area contributed by atoms with Gasteiger partial charge in [0.15, 0.2) is 0 Å². The number of sulfonamides is 1. The molecule has 10 heteroatoms. The van der Waals surface area contributed by atoms with Gasteiger partial charge in [-0.3, -0.25) is 4.79 Å². The zero-order valence-corrected chi connectivity index (χ0v) is 19.4. The highest BCUT2D eigenvalue weighted by Gasteiger charge is 2.36. The lowest BCUT2D eigenvalue weighted by Gasteiger charge is -2.37. The fourth-order valence-electron chi connectivity index (χ4n) is 4.28. The van der Waals surface area contributed by atoms with Crippen molar-refractivity contribution in [2.24, 2.45) is 5.92 Å². The Balaban J connectivity index is 1.27. The number of amides is 3. The molecule has 0 saturated carbocycles. The molecule has 8 nitrogen and oxygen atoms in total. The summed E-state index contributed by atoms with van der Waals surface area (Å²) >= 11 is 1.20. The van der Waals surface area contributed by atoms with Gasteiger partial charge in [-0.2, -0.15) is 4.31 Å². The van der Waals surface area contributed by atoms with E-state index in [-0.39, 0.29) is 30.4 Å². The van der Waals surface area contributed by atoms with E-state index in [0.29, 0.717) is 49.5 Å². The van der Waals surface area contributed by atoms with Crippen LogP contribution in [0.5, 0.6) is 0 Å². The van der Waals surface area contributed by atoms with Crippen LogP contribution >= 0.6 is 11.3 Å². The molecule has 2 saturated heterocycles. The lowest BCUT2D eigenvalue weighted by molar-refractivity contribution is -0.137. The molecule has 2 N–H and O–H groups in total. The molecule has 1 unspecified atom stereocenters. The highest BCUT2D eigenvalue weighted by Crippen LogP contribution is 2.28. The maximum absolute atomic E-state index is 13.1. The van der Waals surface area contributed by atoms with Gasteiger partial charge in [0.2, 0.25) is 5.91 Å². The molecule has 0 aliphatic carbocycles. The Hall–Kier alpha value is -2.43. The van der Waals surface area contributed by atoms with Gasteiger partial charge >= 0.3 is 6.03 Å². The average Bonchev–Trinajstić information content (AvgIpc) is 3.36. The number of rotatable bonds is 5. The van der Waals surface area contributed by atoms with Gasteiger partial charge in [-0.1, -0.05) is 24.3 Å². The Bertz CT molecular complexity index is 1020. The molecule has 1 aromatic heterocycles. The third-order valence-electron chi connectivity index (χ3n) is 6.00. The molecule has 3 heterocycles. The number of urea groups is 1. The van der Waals surface area contributed by atoms with Crippen LogP contribution < -0.4 is 10.6 Å². The van der Waals surface area contributed by atoms with Crippen molar-refractivity contribution in [3.8, 4) is 0 Å². The highest BCUT2D eigenvalue weighted by atomic mass is 32.2. The second-order valence-electron chi connectivity index (χ2n) is 8.20. The van der Waals surface area contributed by atoms with E-state index < -0.39 is 10.0 Å². The number of anilines is 1. The zero-order valence-electron chi connectivity index (χ0n) is 17.8. The van der Waals surface area contributed by atoms with Crippen molar-refractivity contribution in [1.29, 1.82) is 0 Å². The number of thiophene rings is 1. The van der Waals surface area contributed by atoms with Crippen molar-refractivity contribution in [1.82, 2.24) is 14.5 Å². The summed E-state index contributed by atoms with van der Waals surface area (Å²) in [7, 11) is -3.54. The van der Waals surface area contributed by atoms with Crippen LogP contribution in [-0.2, 0) is 14.8 Å². The monoisotopic (exact) mass is 476 g/mol. The molecular weight excluding hydrogens is 448 g/mol. The van der Waals surface area contributed by atoms with E-state index in [2.05, 4.69) is 10.6 Å². The number of likely N-dealkylation sites (tertiary alicyclic amines) is 1. The molecule has 4 rings (SSSR count). The largest absolute Gasteiger partial charge is 0.342 e. The van der Waals surface area contributed by atoms with E-state index in [1.165, 1.54) is 15.6 Å².